The third-order valence-electron chi connectivity index (χ3n) is 3.33. The monoisotopic (exact) mass is 258 g/mol. The highest BCUT2D eigenvalue weighted by Gasteiger charge is 2.25. The molecule has 0 saturated heterocycles. The van der Waals surface area contributed by atoms with Crippen molar-refractivity contribution in [3.05, 3.63) is 70.5 Å². The molecule has 2 rings (SSSR count). The van der Waals surface area contributed by atoms with E-state index in [1.165, 1.54) is 12.1 Å². The lowest BCUT2D eigenvalue weighted by molar-refractivity contribution is -0.137. The third-order valence-corrected chi connectivity index (χ3v) is 3.33. The molecular weight excluding hydrogens is 243 g/mol. The van der Waals surface area contributed by atoms with Crippen molar-refractivity contribution in [2.24, 2.45) is 0 Å². The summed E-state index contributed by atoms with van der Waals surface area (Å²) < 4.78 is 13.8. The smallest absolute Gasteiger partial charge is 0.315 e. The van der Waals surface area contributed by atoms with Gasteiger partial charge in [-0.1, -0.05) is 36.4 Å². The SMILES string of the molecule is Cc1ccc(C(C(=O)O)c2ccccc2F)cc1C. The average molecular weight is 258 g/mol. The van der Waals surface area contributed by atoms with Gasteiger partial charge in [0.15, 0.2) is 0 Å². The normalized spacial score (nSPS) is 12.2. The van der Waals surface area contributed by atoms with Crippen molar-refractivity contribution in [1.29, 1.82) is 0 Å². The predicted octanol–water partition coefficient (Wildman–Crippen LogP) is 3.66. The summed E-state index contributed by atoms with van der Waals surface area (Å²) in [6.07, 6.45) is 0. The summed E-state index contributed by atoms with van der Waals surface area (Å²) in [6.45, 7) is 3.87. The molecule has 3 heteroatoms. The molecule has 0 bridgehead atoms. The number of hydrogen-bond donors (Lipinski definition) is 1. The van der Waals surface area contributed by atoms with E-state index in [0.29, 0.717) is 5.56 Å². The number of hydrogen-bond acceptors (Lipinski definition) is 1. The molecule has 0 saturated carbocycles. The van der Waals surface area contributed by atoms with E-state index in [1.807, 2.05) is 19.9 Å². The zero-order valence-electron chi connectivity index (χ0n) is 10.9. The van der Waals surface area contributed by atoms with E-state index in [-0.39, 0.29) is 5.56 Å². The molecule has 0 aliphatic heterocycles. The van der Waals surface area contributed by atoms with Gasteiger partial charge in [-0.2, -0.15) is 0 Å². The van der Waals surface area contributed by atoms with Crippen molar-refractivity contribution < 1.29 is 14.3 Å². The molecule has 0 aliphatic rings. The molecule has 2 aromatic rings. The van der Waals surface area contributed by atoms with E-state index < -0.39 is 17.7 Å². The van der Waals surface area contributed by atoms with Crippen LogP contribution in [0.4, 0.5) is 4.39 Å². The highest BCUT2D eigenvalue weighted by molar-refractivity contribution is 5.80. The van der Waals surface area contributed by atoms with Crippen molar-refractivity contribution in [3.8, 4) is 0 Å². The van der Waals surface area contributed by atoms with Crippen LogP contribution in [-0.2, 0) is 4.79 Å². The van der Waals surface area contributed by atoms with Crippen molar-refractivity contribution >= 4 is 5.97 Å². The van der Waals surface area contributed by atoms with E-state index in [2.05, 4.69) is 0 Å². The Bertz CT molecular complexity index is 620. The van der Waals surface area contributed by atoms with E-state index in [4.69, 9.17) is 0 Å². The Morgan fingerprint density at radius 2 is 1.79 bits per heavy atom. The van der Waals surface area contributed by atoms with Gasteiger partial charge in [0.05, 0.1) is 0 Å². The quantitative estimate of drug-likeness (QED) is 0.912. The lowest BCUT2D eigenvalue weighted by atomic mass is 9.89. The molecule has 1 N–H and O–H groups in total. The van der Waals surface area contributed by atoms with Gasteiger partial charge in [0.25, 0.3) is 0 Å². The number of benzene rings is 2. The number of carboxylic acids is 1. The summed E-state index contributed by atoms with van der Waals surface area (Å²) >= 11 is 0. The number of aliphatic carboxylic acids is 1. The topological polar surface area (TPSA) is 37.3 Å². The lowest BCUT2D eigenvalue weighted by Gasteiger charge is -2.15. The molecule has 0 aromatic heterocycles. The summed E-state index contributed by atoms with van der Waals surface area (Å²) in [4.78, 5) is 11.5. The zero-order chi connectivity index (χ0) is 14.0. The molecule has 19 heavy (non-hydrogen) atoms. The molecule has 98 valence electrons. The summed E-state index contributed by atoms with van der Waals surface area (Å²) in [5.41, 5.74) is 2.88. The summed E-state index contributed by atoms with van der Waals surface area (Å²) in [7, 11) is 0. The molecule has 1 unspecified atom stereocenters. The van der Waals surface area contributed by atoms with Crippen LogP contribution in [0.2, 0.25) is 0 Å². The first kappa shape index (κ1) is 13.3. The van der Waals surface area contributed by atoms with Crippen LogP contribution < -0.4 is 0 Å². The van der Waals surface area contributed by atoms with E-state index in [0.717, 1.165) is 11.1 Å². The van der Waals surface area contributed by atoms with Gasteiger partial charge >= 0.3 is 5.97 Å². The minimum Gasteiger partial charge on any atom is -0.481 e. The Labute approximate surface area is 111 Å². The van der Waals surface area contributed by atoms with Gasteiger partial charge in [-0.25, -0.2) is 4.39 Å². The molecule has 0 aliphatic carbocycles. The van der Waals surface area contributed by atoms with E-state index in [1.54, 1.807) is 24.3 Å². The first-order valence-corrected chi connectivity index (χ1v) is 6.05. The predicted molar refractivity (Wildman–Crippen MR) is 71.8 cm³/mol. The molecular formula is C16H15FO2. The molecule has 0 amide bonds. The second-order valence-corrected chi connectivity index (χ2v) is 4.64. The van der Waals surface area contributed by atoms with Gasteiger partial charge < -0.3 is 5.11 Å². The second-order valence-electron chi connectivity index (χ2n) is 4.64. The van der Waals surface area contributed by atoms with Crippen LogP contribution in [0.1, 0.15) is 28.2 Å². The van der Waals surface area contributed by atoms with Crippen LogP contribution >= 0.6 is 0 Å². The first-order valence-electron chi connectivity index (χ1n) is 6.05. The number of rotatable bonds is 3. The molecule has 0 fully saturated rings. The highest BCUT2D eigenvalue weighted by atomic mass is 19.1. The molecule has 1 atom stereocenters. The lowest BCUT2D eigenvalue weighted by Crippen LogP contribution is -2.15. The minimum absolute atomic E-state index is 0.193. The maximum atomic E-state index is 13.8. The van der Waals surface area contributed by atoms with Crippen LogP contribution in [0.15, 0.2) is 42.5 Å². The van der Waals surface area contributed by atoms with Crippen LogP contribution in [0.3, 0.4) is 0 Å². The summed E-state index contributed by atoms with van der Waals surface area (Å²) in [5, 5.41) is 9.40. The summed E-state index contributed by atoms with van der Waals surface area (Å²) in [5.74, 6) is -2.51. The number of carbonyl (C=O) groups is 1. The summed E-state index contributed by atoms with van der Waals surface area (Å²) in [6, 6.07) is 11.4. The minimum atomic E-state index is -1.05. The first-order chi connectivity index (χ1) is 9.00. The molecule has 0 radical (unpaired) electrons. The zero-order valence-corrected chi connectivity index (χ0v) is 10.9. The maximum absolute atomic E-state index is 13.8. The van der Waals surface area contributed by atoms with Gasteiger partial charge in [-0.3, -0.25) is 4.79 Å². The Kier molecular flexibility index (Phi) is 3.65. The number of carboxylic acid groups (broad SMARTS) is 1. The van der Waals surface area contributed by atoms with Gasteiger partial charge in [0.2, 0.25) is 0 Å². The standard InChI is InChI=1S/C16H15FO2/c1-10-7-8-12(9-11(10)2)15(16(18)19)13-5-3-4-6-14(13)17/h3-9,15H,1-2H3,(H,18,19). The van der Waals surface area contributed by atoms with Crippen LogP contribution in [0.25, 0.3) is 0 Å². The largest absolute Gasteiger partial charge is 0.481 e. The van der Waals surface area contributed by atoms with Gasteiger partial charge in [-0.05, 0) is 36.6 Å². The Balaban J connectivity index is 2.55. The van der Waals surface area contributed by atoms with Crippen LogP contribution in [-0.4, -0.2) is 11.1 Å². The van der Waals surface area contributed by atoms with E-state index in [9.17, 15) is 14.3 Å². The highest BCUT2D eigenvalue weighted by Crippen LogP contribution is 2.28. The van der Waals surface area contributed by atoms with E-state index >= 15 is 0 Å². The van der Waals surface area contributed by atoms with Crippen molar-refractivity contribution in [1.82, 2.24) is 0 Å². The fourth-order valence-corrected chi connectivity index (χ4v) is 2.11. The maximum Gasteiger partial charge on any atom is 0.315 e. The average Bonchev–Trinajstić information content (AvgIpc) is 2.36. The van der Waals surface area contributed by atoms with Crippen LogP contribution in [0, 0.1) is 19.7 Å². The van der Waals surface area contributed by atoms with Gasteiger partial charge in [-0.15, -0.1) is 0 Å². The Morgan fingerprint density at radius 3 is 2.37 bits per heavy atom. The molecule has 2 aromatic carbocycles. The van der Waals surface area contributed by atoms with Crippen molar-refractivity contribution in [2.75, 3.05) is 0 Å². The van der Waals surface area contributed by atoms with Crippen LogP contribution in [0.5, 0.6) is 0 Å². The van der Waals surface area contributed by atoms with Crippen molar-refractivity contribution in [2.45, 2.75) is 19.8 Å². The second kappa shape index (κ2) is 5.22. The third kappa shape index (κ3) is 2.65. The fraction of sp³-hybridized carbons (Fsp3) is 0.188. The van der Waals surface area contributed by atoms with Gasteiger partial charge in [0.1, 0.15) is 11.7 Å². The Morgan fingerprint density at radius 1 is 1.11 bits per heavy atom. The molecule has 0 spiro atoms. The Hall–Kier alpha value is -2.16. The fourth-order valence-electron chi connectivity index (χ4n) is 2.11. The number of aryl methyl sites for hydroxylation is 2. The molecule has 0 heterocycles. The number of halogens is 1. The van der Waals surface area contributed by atoms with Crippen molar-refractivity contribution in [3.63, 3.8) is 0 Å². The molecule has 2 nitrogen and oxygen atoms in total. The van der Waals surface area contributed by atoms with Gasteiger partial charge in [0, 0.05) is 5.56 Å².